The molecule has 4 heteroatoms. The highest BCUT2D eigenvalue weighted by molar-refractivity contribution is 8.00. The van der Waals surface area contributed by atoms with Gasteiger partial charge in [-0.15, -0.1) is 11.8 Å². The highest BCUT2D eigenvalue weighted by Crippen LogP contribution is 2.36. The Bertz CT molecular complexity index is 1040. The fourth-order valence-corrected chi connectivity index (χ4v) is 5.18. The molecule has 35 heavy (non-hydrogen) atoms. The zero-order valence-electron chi connectivity index (χ0n) is 21.7. The van der Waals surface area contributed by atoms with Gasteiger partial charge in [0.25, 0.3) is 0 Å². The molecular weight excluding hydrogens is 450 g/mol. The van der Waals surface area contributed by atoms with Gasteiger partial charge in [0, 0.05) is 29.3 Å². The highest BCUT2D eigenvalue weighted by Gasteiger charge is 2.28. The first-order valence-electron chi connectivity index (χ1n) is 12.5. The first kappa shape index (κ1) is 27.0. The summed E-state index contributed by atoms with van der Waals surface area (Å²) in [5.41, 5.74) is 3.22. The van der Waals surface area contributed by atoms with Crippen LogP contribution in [0.2, 0.25) is 0 Å². The minimum absolute atomic E-state index is 0.0868. The number of ether oxygens (including phenoxy) is 1. The largest absolute Gasteiger partial charge is 0.460 e. The maximum absolute atomic E-state index is 13.2. The van der Waals surface area contributed by atoms with Crippen LogP contribution in [0, 0.1) is 0 Å². The molecule has 0 aliphatic rings. The van der Waals surface area contributed by atoms with E-state index in [2.05, 4.69) is 97.6 Å². The normalized spacial score (nSPS) is 12.7. The number of esters is 1. The van der Waals surface area contributed by atoms with Gasteiger partial charge in [0.15, 0.2) is 0 Å². The SMILES string of the molecule is CC(C)Sc1ccccc1C(CC(=O)OC(C)(C)C)N(CCc1ccccc1)Cc1ccccc1. The molecule has 0 heterocycles. The molecule has 0 amide bonds. The molecule has 186 valence electrons. The van der Waals surface area contributed by atoms with Crippen molar-refractivity contribution in [3.63, 3.8) is 0 Å². The summed E-state index contributed by atoms with van der Waals surface area (Å²) in [5, 5.41) is 0.449. The second-order valence-electron chi connectivity index (χ2n) is 10.2. The maximum atomic E-state index is 13.2. The van der Waals surface area contributed by atoms with Crippen LogP contribution in [0.5, 0.6) is 0 Å². The lowest BCUT2D eigenvalue weighted by Gasteiger charge is -2.34. The van der Waals surface area contributed by atoms with E-state index in [1.807, 2.05) is 38.6 Å². The quantitative estimate of drug-likeness (QED) is 0.204. The third-order valence-corrected chi connectivity index (χ3v) is 6.72. The molecule has 0 N–H and O–H groups in total. The van der Waals surface area contributed by atoms with Crippen molar-refractivity contribution < 1.29 is 9.53 Å². The number of carbonyl (C=O) groups is 1. The summed E-state index contributed by atoms with van der Waals surface area (Å²) in [4.78, 5) is 16.8. The summed E-state index contributed by atoms with van der Waals surface area (Å²) in [5.74, 6) is -0.162. The van der Waals surface area contributed by atoms with Gasteiger partial charge in [-0.2, -0.15) is 0 Å². The van der Waals surface area contributed by atoms with Gasteiger partial charge in [0.2, 0.25) is 0 Å². The maximum Gasteiger partial charge on any atom is 0.308 e. The van der Waals surface area contributed by atoms with Gasteiger partial charge in [-0.25, -0.2) is 0 Å². The lowest BCUT2D eigenvalue weighted by Crippen LogP contribution is -2.34. The van der Waals surface area contributed by atoms with E-state index < -0.39 is 5.60 Å². The second kappa shape index (κ2) is 12.9. The van der Waals surface area contributed by atoms with Crippen LogP contribution in [-0.4, -0.2) is 28.3 Å². The molecular formula is C31H39NO2S. The Hall–Kier alpha value is -2.56. The van der Waals surface area contributed by atoms with Crippen molar-refractivity contribution in [3.05, 3.63) is 102 Å². The van der Waals surface area contributed by atoms with Gasteiger partial charge in [-0.05, 0) is 49.9 Å². The third-order valence-electron chi connectivity index (χ3n) is 5.62. The number of rotatable bonds is 11. The average Bonchev–Trinajstić information content (AvgIpc) is 2.81. The summed E-state index contributed by atoms with van der Waals surface area (Å²) in [6.45, 7) is 11.8. The van der Waals surface area contributed by atoms with E-state index in [4.69, 9.17) is 4.74 Å². The van der Waals surface area contributed by atoms with E-state index in [0.29, 0.717) is 11.7 Å². The number of thioether (sulfide) groups is 1. The van der Waals surface area contributed by atoms with Crippen molar-refractivity contribution in [2.24, 2.45) is 0 Å². The molecule has 0 aliphatic heterocycles. The van der Waals surface area contributed by atoms with E-state index in [-0.39, 0.29) is 12.0 Å². The van der Waals surface area contributed by atoms with Crippen molar-refractivity contribution in [2.75, 3.05) is 6.54 Å². The zero-order valence-corrected chi connectivity index (χ0v) is 22.6. The molecule has 0 saturated carbocycles. The molecule has 0 fully saturated rings. The van der Waals surface area contributed by atoms with Gasteiger partial charge < -0.3 is 4.74 Å². The van der Waals surface area contributed by atoms with Crippen LogP contribution < -0.4 is 0 Å². The second-order valence-corrected chi connectivity index (χ2v) is 11.8. The lowest BCUT2D eigenvalue weighted by atomic mass is 9.99. The average molecular weight is 490 g/mol. The minimum atomic E-state index is -0.512. The number of hydrogen-bond donors (Lipinski definition) is 0. The summed E-state index contributed by atoms with van der Waals surface area (Å²) >= 11 is 1.85. The lowest BCUT2D eigenvalue weighted by molar-refractivity contribution is -0.156. The first-order chi connectivity index (χ1) is 16.7. The van der Waals surface area contributed by atoms with Crippen LogP contribution in [0.1, 0.15) is 63.8 Å². The fraction of sp³-hybridized carbons (Fsp3) is 0.387. The molecule has 0 radical (unpaired) electrons. The van der Waals surface area contributed by atoms with Crippen molar-refractivity contribution in [3.8, 4) is 0 Å². The van der Waals surface area contributed by atoms with Gasteiger partial charge in [-0.1, -0.05) is 92.7 Å². The Balaban J connectivity index is 1.99. The van der Waals surface area contributed by atoms with E-state index in [1.165, 1.54) is 21.6 Å². The Morgan fingerprint density at radius 1 is 0.857 bits per heavy atom. The van der Waals surface area contributed by atoms with Crippen molar-refractivity contribution >= 4 is 17.7 Å². The van der Waals surface area contributed by atoms with Crippen LogP contribution in [0.25, 0.3) is 0 Å². The highest BCUT2D eigenvalue weighted by atomic mass is 32.2. The Morgan fingerprint density at radius 2 is 1.43 bits per heavy atom. The molecule has 3 aromatic rings. The predicted octanol–water partition coefficient (Wildman–Crippen LogP) is 7.70. The number of benzene rings is 3. The van der Waals surface area contributed by atoms with E-state index in [9.17, 15) is 4.79 Å². The van der Waals surface area contributed by atoms with Crippen LogP contribution in [-0.2, 0) is 22.5 Å². The summed E-state index contributed by atoms with van der Waals surface area (Å²) in [6.07, 6.45) is 1.23. The van der Waals surface area contributed by atoms with Crippen LogP contribution >= 0.6 is 11.8 Å². The van der Waals surface area contributed by atoms with Crippen LogP contribution in [0.4, 0.5) is 0 Å². The van der Waals surface area contributed by atoms with Gasteiger partial charge in [0.05, 0.1) is 6.42 Å². The van der Waals surface area contributed by atoms with Crippen molar-refractivity contribution in [2.45, 2.75) is 75.8 Å². The van der Waals surface area contributed by atoms with Gasteiger partial charge in [-0.3, -0.25) is 9.69 Å². The molecule has 1 atom stereocenters. The molecule has 1 unspecified atom stereocenters. The summed E-state index contributed by atoms with van der Waals surface area (Å²) in [6, 6.07) is 29.5. The van der Waals surface area contributed by atoms with E-state index in [1.54, 1.807) is 0 Å². The van der Waals surface area contributed by atoms with Gasteiger partial charge in [0.1, 0.15) is 5.60 Å². The van der Waals surface area contributed by atoms with Crippen LogP contribution in [0.3, 0.4) is 0 Å². The van der Waals surface area contributed by atoms with Crippen molar-refractivity contribution in [1.82, 2.24) is 4.90 Å². The molecule has 3 rings (SSSR count). The molecule has 3 nitrogen and oxygen atoms in total. The van der Waals surface area contributed by atoms with E-state index >= 15 is 0 Å². The first-order valence-corrected chi connectivity index (χ1v) is 13.4. The fourth-order valence-electron chi connectivity index (χ4n) is 4.17. The number of carbonyl (C=O) groups excluding carboxylic acids is 1. The number of nitrogens with zero attached hydrogens (tertiary/aromatic N) is 1. The molecule has 3 aromatic carbocycles. The Morgan fingerprint density at radius 3 is 2.03 bits per heavy atom. The minimum Gasteiger partial charge on any atom is -0.460 e. The van der Waals surface area contributed by atoms with Crippen LogP contribution in [0.15, 0.2) is 89.8 Å². The summed E-state index contributed by atoms with van der Waals surface area (Å²) < 4.78 is 5.80. The zero-order chi connectivity index (χ0) is 25.3. The third kappa shape index (κ3) is 9.19. The number of hydrogen-bond acceptors (Lipinski definition) is 4. The molecule has 0 aliphatic carbocycles. The van der Waals surface area contributed by atoms with E-state index in [0.717, 1.165) is 19.5 Å². The molecule has 0 saturated heterocycles. The van der Waals surface area contributed by atoms with Crippen molar-refractivity contribution in [1.29, 1.82) is 0 Å². The smallest absolute Gasteiger partial charge is 0.308 e. The molecule has 0 bridgehead atoms. The Labute approximate surface area is 215 Å². The summed E-state index contributed by atoms with van der Waals surface area (Å²) in [7, 11) is 0. The monoisotopic (exact) mass is 489 g/mol. The predicted molar refractivity (Wildman–Crippen MR) is 148 cm³/mol. The molecule has 0 aromatic heterocycles. The standard InChI is InChI=1S/C31H39NO2S/c1-24(2)35-29-19-13-12-18-27(29)28(22-30(33)34-31(3,4)5)32(23-26-16-10-7-11-17-26)21-20-25-14-8-6-9-15-25/h6-19,24,28H,20-23H2,1-5H3. The van der Waals surface area contributed by atoms with Gasteiger partial charge >= 0.3 is 5.97 Å². The Kier molecular flexibility index (Phi) is 10.00. The topological polar surface area (TPSA) is 29.5 Å². The molecule has 0 spiro atoms.